The summed E-state index contributed by atoms with van der Waals surface area (Å²) in [6, 6.07) is 5.12. The Hall–Kier alpha value is -1.71. The lowest BCUT2D eigenvalue weighted by Crippen LogP contribution is -2.26. The van der Waals surface area contributed by atoms with Gasteiger partial charge in [-0.1, -0.05) is 6.07 Å². The maximum atomic E-state index is 11.1. The maximum Gasteiger partial charge on any atom is 0.309 e. The van der Waals surface area contributed by atoms with Crippen molar-refractivity contribution in [3.8, 4) is 11.5 Å². The highest BCUT2D eigenvalue weighted by atomic mass is 16.5. The Bertz CT molecular complexity index is 451. The maximum absolute atomic E-state index is 11.1. The highest BCUT2D eigenvalue weighted by Gasteiger charge is 2.36. The Balaban J connectivity index is 2.26. The first kappa shape index (κ1) is 11.8. The normalized spacial score (nSPS) is 18.6. The Labute approximate surface area is 99.8 Å². The number of carbonyl (C=O) groups is 1. The van der Waals surface area contributed by atoms with Crippen LogP contribution in [0.4, 0.5) is 0 Å². The molecule has 4 nitrogen and oxygen atoms in total. The first-order valence-electron chi connectivity index (χ1n) is 5.60. The fourth-order valence-electron chi connectivity index (χ4n) is 2.21. The molecule has 0 amide bonds. The SMILES string of the molecule is CC(C)(CC1COc2cccc(O)c21)C(=O)O. The minimum absolute atomic E-state index is 0.0581. The molecule has 1 aromatic rings. The predicted molar refractivity (Wildman–Crippen MR) is 62.4 cm³/mol. The van der Waals surface area contributed by atoms with E-state index in [1.54, 1.807) is 32.0 Å². The summed E-state index contributed by atoms with van der Waals surface area (Å²) >= 11 is 0. The van der Waals surface area contributed by atoms with E-state index in [2.05, 4.69) is 0 Å². The highest BCUT2D eigenvalue weighted by molar-refractivity contribution is 5.73. The molecule has 0 saturated heterocycles. The number of fused-ring (bicyclic) bond motifs is 1. The van der Waals surface area contributed by atoms with Crippen molar-refractivity contribution in [2.45, 2.75) is 26.2 Å². The highest BCUT2D eigenvalue weighted by Crippen LogP contribution is 2.44. The molecule has 0 saturated carbocycles. The van der Waals surface area contributed by atoms with E-state index in [0.717, 1.165) is 5.56 Å². The summed E-state index contributed by atoms with van der Waals surface area (Å²) in [6.45, 7) is 3.81. The number of aliphatic carboxylic acids is 1. The lowest BCUT2D eigenvalue weighted by atomic mass is 9.80. The summed E-state index contributed by atoms with van der Waals surface area (Å²) in [4.78, 5) is 11.1. The molecule has 0 bridgehead atoms. The van der Waals surface area contributed by atoms with E-state index in [0.29, 0.717) is 18.8 Å². The molecular weight excluding hydrogens is 220 g/mol. The minimum Gasteiger partial charge on any atom is -0.508 e. The molecule has 0 aromatic heterocycles. The van der Waals surface area contributed by atoms with E-state index in [4.69, 9.17) is 9.84 Å². The van der Waals surface area contributed by atoms with Crippen LogP contribution in [0.3, 0.4) is 0 Å². The van der Waals surface area contributed by atoms with Crippen molar-refractivity contribution < 1.29 is 19.7 Å². The zero-order valence-electron chi connectivity index (χ0n) is 9.93. The molecule has 2 rings (SSSR count). The number of aromatic hydroxyl groups is 1. The van der Waals surface area contributed by atoms with Gasteiger partial charge in [-0.15, -0.1) is 0 Å². The summed E-state index contributed by atoms with van der Waals surface area (Å²) in [5.41, 5.74) is -0.0837. The van der Waals surface area contributed by atoms with Crippen LogP contribution >= 0.6 is 0 Å². The number of phenolic OH excluding ortho intramolecular Hbond substituents is 1. The zero-order valence-corrected chi connectivity index (χ0v) is 9.93. The van der Waals surface area contributed by atoms with Crippen LogP contribution in [-0.4, -0.2) is 22.8 Å². The van der Waals surface area contributed by atoms with Gasteiger partial charge in [0.25, 0.3) is 0 Å². The molecule has 0 fully saturated rings. The molecule has 0 spiro atoms. The number of ether oxygens (including phenoxy) is 1. The molecule has 4 heteroatoms. The smallest absolute Gasteiger partial charge is 0.309 e. The van der Waals surface area contributed by atoms with Crippen molar-refractivity contribution in [3.63, 3.8) is 0 Å². The van der Waals surface area contributed by atoms with Crippen molar-refractivity contribution in [2.75, 3.05) is 6.61 Å². The van der Waals surface area contributed by atoms with Crippen LogP contribution in [0.1, 0.15) is 31.7 Å². The van der Waals surface area contributed by atoms with Crippen molar-refractivity contribution in [1.82, 2.24) is 0 Å². The molecule has 0 radical (unpaired) electrons. The molecule has 1 aromatic carbocycles. The molecule has 92 valence electrons. The average molecular weight is 236 g/mol. The Morgan fingerprint density at radius 1 is 1.53 bits per heavy atom. The number of phenols is 1. The van der Waals surface area contributed by atoms with Gasteiger partial charge in [-0.2, -0.15) is 0 Å². The molecule has 17 heavy (non-hydrogen) atoms. The molecule has 0 aliphatic carbocycles. The van der Waals surface area contributed by atoms with Gasteiger partial charge < -0.3 is 14.9 Å². The van der Waals surface area contributed by atoms with Gasteiger partial charge in [0.1, 0.15) is 11.5 Å². The van der Waals surface area contributed by atoms with Crippen LogP contribution in [0.25, 0.3) is 0 Å². The quantitative estimate of drug-likeness (QED) is 0.845. The van der Waals surface area contributed by atoms with Crippen LogP contribution in [0.15, 0.2) is 18.2 Å². The van der Waals surface area contributed by atoms with Gasteiger partial charge in [-0.25, -0.2) is 0 Å². The number of hydrogen-bond acceptors (Lipinski definition) is 3. The second-order valence-corrected chi connectivity index (χ2v) is 5.09. The number of carboxylic acid groups (broad SMARTS) is 1. The van der Waals surface area contributed by atoms with E-state index in [1.807, 2.05) is 0 Å². The third kappa shape index (κ3) is 2.07. The molecule has 1 atom stereocenters. The molecule has 1 aliphatic heterocycles. The van der Waals surface area contributed by atoms with Gasteiger partial charge in [-0.3, -0.25) is 4.79 Å². The van der Waals surface area contributed by atoms with Crippen LogP contribution < -0.4 is 4.74 Å². The van der Waals surface area contributed by atoms with Gasteiger partial charge in [0.2, 0.25) is 0 Å². The third-order valence-electron chi connectivity index (χ3n) is 3.23. The van der Waals surface area contributed by atoms with E-state index in [1.165, 1.54) is 0 Å². The van der Waals surface area contributed by atoms with E-state index < -0.39 is 11.4 Å². The third-order valence-corrected chi connectivity index (χ3v) is 3.23. The first-order valence-corrected chi connectivity index (χ1v) is 5.60. The summed E-state index contributed by atoms with van der Waals surface area (Å²) < 4.78 is 5.46. The molecule has 2 N–H and O–H groups in total. The number of rotatable bonds is 3. The second-order valence-electron chi connectivity index (χ2n) is 5.09. The number of carboxylic acids is 1. The van der Waals surface area contributed by atoms with Crippen LogP contribution in [0.2, 0.25) is 0 Å². The van der Waals surface area contributed by atoms with Crippen molar-refractivity contribution in [3.05, 3.63) is 23.8 Å². The van der Waals surface area contributed by atoms with Gasteiger partial charge in [0, 0.05) is 11.5 Å². The second kappa shape index (κ2) is 3.95. The molecule has 1 unspecified atom stereocenters. The largest absolute Gasteiger partial charge is 0.508 e. The first-order chi connectivity index (χ1) is 7.92. The standard InChI is InChI=1S/C13H16O4/c1-13(2,12(15)16)6-8-7-17-10-5-3-4-9(14)11(8)10/h3-5,8,14H,6-7H2,1-2H3,(H,15,16). The monoisotopic (exact) mass is 236 g/mol. The van der Waals surface area contributed by atoms with Gasteiger partial charge >= 0.3 is 5.97 Å². The minimum atomic E-state index is -0.832. The van der Waals surface area contributed by atoms with E-state index in [-0.39, 0.29) is 11.7 Å². The van der Waals surface area contributed by atoms with Gasteiger partial charge in [-0.05, 0) is 32.4 Å². The lowest BCUT2D eigenvalue weighted by molar-refractivity contribution is -0.147. The summed E-state index contributed by atoms with van der Waals surface area (Å²) in [5, 5.41) is 18.9. The summed E-state index contributed by atoms with van der Waals surface area (Å²) in [6.07, 6.45) is 0.451. The molecule has 1 heterocycles. The Morgan fingerprint density at radius 2 is 2.24 bits per heavy atom. The van der Waals surface area contributed by atoms with E-state index in [9.17, 15) is 9.90 Å². The topological polar surface area (TPSA) is 66.8 Å². The van der Waals surface area contributed by atoms with Crippen molar-refractivity contribution in [1.29, 1.82) is 0 Å². The van der Waals surface area contributed by atoms with Crippen molar-refractivity contribution in [2.24, 2.45) is 5.41 Å². The fourth-order valence-corrected chi connectivity index (χ4v) is 2.21. The van der Waals surface area contributed by atoms with Crippen LogP contribution in [-0.2, 0) is 4.79 Å². The van der Waals surface area contributed by atoms with Crippen molar-refractivity contribution >= 4 is 5.97 Å². The zero-order chi connectivity index (χ0) is 12.6. The number of benzene rings is 1. The number of hydrogen-bond donors (Lipinski definition) is 2. The molecular formula is C13H16O4. The Kier molecular flexibility index (Phi) is 2.73. The van der Waals surface area contributed by atoms with Gasteiger partial charge in [0.15, 0.2) is 0 Å². The van der Waals surface area contributed by atoms with E-state index >= 15 is 0 Å². The van der Waals surface area contributed by atoms with Gasteiger partial charge in [0.05, 0.1) is 12.0 Å². The summed E-state index contributed by atoms with van der Waals surface area (Å²) in [5.74, 6) is -0.0407. The molecule has 1 aliphatic rings. The predicted octanol–water partition coefficient (Wildman–Crippen LogP) is 2.37. The fraction of sp³-hybridized carbons (Fsp3) is 0.462. The van der Waals surface area contributed by atoms with Crippen LogP contribution in [0.5, 0.6) is 11.5 Å². The Morgan fingerprint density at radius 3 is 2.88 bits per heavy atom. The average Bonchev–Trinajstić information content (AvgIpc) is 2.62. The summed E-state index contributed by atoms with van der Waals surface area (Å²) in [7, 11) is 0. The van der Waals surface area contributed by atoms with Crippen LogP contribution in [0, 0.1) is 5.41 Å². The lowest BCUT2D eigenvalue weighted by Gasteiger charge is -2.22.